The fraction of sp³-hybridized carbons (Fsp3) is 1.00. The summed E-state index contributed by atoms with van der Waals surface area (Å²) in [4.78, 5) is 2.70. The minimum Gasteiger partial charge on any atom is -0.379 e. The van der Waals surface area contributed by atoms with E-state index in [0.717, 1.165) is 19.3 Å². The van der Waals surface area contributed by atoms with Crippen molar-refractivity contribution >= 4 is 0 Å². The number of hydrogen-bond acceptors (Lipinski definition) is 3. The fourth-order valence-corrected chi connectivity index (χ4v) is 2.57. The van der Waals surface area contributed by atoms with Crippen LogP contribution >= 0.6 is 0 Å². The molecule has 1 aliphatic carbocycles. The van der Waals surface area contributed by atoms with Crippen molar-refractivity contribution in [2.45, 2.75) is 50.6 Å². The Morgan fingerprint density at radius 2 is 2.00 bits per heavy atom. The molecule has 0 aromatic rings. The predicted octanol–water partition coefficient (Wildman–Crippen LogP) is 1.37. The minimum atomic E-state index is 0.649. The molecule has 0 spiro atoms. The maximum absolute atomic E-state index is 5.62. The summed E-state index contributed by atoms with van der Waals surface area (Å²) in [7, 11) is 0. The van der Waals surface area contributed by atoms with Crippen LogP contribution in [0.25, 0.3) is 0 Å². The van der Waals surface area contributed by atoms with Gasteiger partial charge in [-0.2, -0.15) is 0 Å². The third-order valence-corrected chi connectivity index (χ3v) is 3.51. The first kappa shape index (κ1) is 11.4. The van der Waals surface area contributed by atoms with E-state index in [9.17, 15) is 0 Å². The van der Waals surface area contributed by atoms with Crippen molar-refractivity contribution in [3.63, 3.8) is 0 Å². The zero-order valence-electron chi connectivity index (χ0n) is 9.66. The van der Waals surface area contributed by atoms with Crippen LogP contribution in [-0.2, 0) is 4.74 Å². The van der Waals surface area contributed by atoms with E-state index >= 15 is 0 Å². The maximum Gasteiger partial charge on any atom is 0.0622 e. The highest BCUT2D eigenvalue weighted by Gasteiger charge is 2.34. The summed E-state index contributed by atoms with van der Waals surface area (Å²) < 4.78 is 5.62. The van der Waals surface area contributed by atoms with Crippen LogP contribution in [0.3, 0.4) is 0 Å². The molecule has 3 nitrogen and oxygen atoms in total. The molecular formula is C12H24N2O. The first-order valence-electron chi connectivity index (χ1n) is 6.45. The van der Waals surface area contributed by atoms with Gasteiger partial charge in [-0.25, -0.2) is 0 Å². The van der Waals surface area contributed by atoms with Crippen LogP contribution in [0.15, 0.2) is 0 Å². The lowest BCUT2D eigenvalue weighted by molar-refractivity contribution is 0.0594. The second-order valence-electron chi connectivity index (χ2n) is 4.84. The number of hydrogen-bond donors (Lipinski definition) is 1. The zero-order chi connectivity index (χ0) is 10.5. The molecule has 2 fully saturated rings. The topological polar surface area (TPSA) is 38.5 Å². The van der Waals surface area contributed by atoms with Gasteiger partial charge in [-0.3, -0.25) is 4.90 Å². The van der Waals surface area contributed by atoms with Crippen LogP contribution in [0.4, 0.5) is 0 Å². The van der Waals surface area contributed by atoms with Gasteiger partial charge in [-0.1, -0.05) is 12.8 Å². The smallest absolute Gasteiger partial charge is 0.0622 e. The van der Waals surface area contributed by atoms with Crippen LogP contribution in [0.1, 0.15) is 38.5 Å². The molecule has 0 bridgehead atoms. The van der Waals surface area contributed by atoms with Gasteiger partial charge in [0.05, 0.1) is 13.2 Å². The second-order valence-corrected chi connectivity index (χ2v) is 4.84. The molecule has 0 radical (unpaired) electrons. The normalized spacial score (nSPS) is 29.0. The predicted molar refractivity (Wildman–Crippen MR) is 61.9 cm³/mol. The SMILES string of the molecule is NCCOCC1CCCCCN1C1CC1. The lowest BCUT2D eigenvalue weighted by atomic mass is 10.1. The fourth-order valence-electron chi connectivity index (χ4n) is 2.57. The lowest BCUT2D eigenvalue weighted by Gasteiger charge is -2.29. The highest BCUT2D eigenvalue weighted by Crippen LogP contribution is 2.32. The molecule has 1 unspecified atom stereocenters. The van der Waals surface area contributed by atoms with E-state index in [1.165, 1.54) is 45.1 Å². The van der Waals surface area contributed by atoms with E-state index in [-0.39, 0.29) is 0 Å². The molecule has 1 saturated heterocycles. The van der Waals surface area contributed by atoms with Gasteiger partial charge in [0.15, 0.2) is 0 Å². The molecule has 1 atom stereocenters. The standard InChI is InChI=1S/C12H24N2O/c13-7-9-15-10-12-4-2-1-3-8-14(12)11-5-6-11/h11-12H,1-10,13H2. The van der Waals surface area contributed by atoms with Crippen molar-refractivity contribution in [3.8, 4) is 0 Å². The average Bonchev–Trinajstić information content (AvgIpc) is 3.04. The van der Waals surface area contributed by atoms with Crippen molar-refractivity contribution in [2.75, 3.05) is 26.3 Å². The van der Waals surface area contributed by atoms with Crippen LogP contribution < -0.4 is 5.73 Å². The second kappa shape index (κ2) is 5.83. The summed E-state index contributed by atoms with van der Waals surface area (Å²) >= 11 is 0. The Morgan fingerprint density at radius 3 is 2.73 bits per heavy atom. The lowest BCUT2D eigenvalue weighted by Crippen LogP contribution is -2.40. The molecule has 0 amide bonds. The first-order chi connectivity index (χ1) is 7.42. The van der Waals surface area contributed by atoms with E-state index < -0.39 is 0 Å². The Morgan fingerprint density at radius 1 is 1.13 bits per heavy atom. The summed E-state index contributed by atoms with van der Waals surface area (Å²) in [5.41, 5.74) is 5.44. The summed E-state index contributed by atoms with van der Waals surface area (Å²) in [6, 6.07) is 1.56. The minimum absolute atomic E-state index is 0.649. The van der Waals surface area contributed by atoms with Crippen LogP contribution in [0.2, 0.25) is 0 Å². The zero-order valence-corrected chi connectivity index (χ0v) is 9.66. The molecule has 2 rings (SSSR count). The molecule has 88 valence electrons. The van der Waals surface area contributed by atoms with Crippen molar-refractivity contribution in [1.82, 2.24) is 4.90 Å². The summed E-state index contributed by atoms with van der Waals surface area (Å²) in [5.74, 6) is 0. The Balaban J connectivity index is 1.79. The monoisotopic (exact) mass is 212 g/mol. The Labute approximate surface area is 93.0 Å². The van der Waals surface area contributed by atoms with Crippen LogP contribution in [0, 0.1) is 0 Å². The molecule has 1 heterocycles. The highest BCUT2D eigenvalue weighted by molar-refractivity contribution is 4.89. The summed E-state index contributed by atoms with van der Waals surface area (Å²) in [6.45, 7) is 3.56. The largest absolute Gasteiger partial charge is 0.379 e. The molecule has 1 saturated carbocycles. The highest BCUT2D eigenvalue weighted by atomic mass is 16.5. The van der Waals surface area contributed by atoms with E-state index in [4.69, 9.17) is 10.5 Å². The van der Waals surface area contributed by atoms with Gasteiger partial charge in [-0.05, 0) is 32.2 Å². The molecule has 0 aromatic carbocycles. The van der Waals surface area contributed by atoms with Crippen molar-refractivity contribution in [3.05, 3.63) is 0 Å². The number of nitrogens with zero attached hydrogens (tertiary/aromatic N) is 1. The number of rotatable bonds is 5. The van der Waals surface area contributed by atoms with Gasteiger partial charge in [0.1, 0.15) is 0 Å². The van der Waals surface area contributed by atoms with Crippen LogP contribution in [-0.4, -0.2) is 43.3 Å². The van der Waals surface area contributed by atoms with Gasteiger partial charge in [0, 0.05) is 18.6 Å². The molecule has 0 aromatic heterocycles. The number of likely N-dealkylation sites (tertiary alicyclic amines) is 1. The summed E-state index contributed by atoms with van der Waals surface area (Å²) in [6.07, 6.45) is 8.29. The van der Waals surface area contributed by atoms with Crippen molar-refractivity contribution in [2.24, 2.45) is 5.73 Å². The maximum atomic E-state index is 5.62. The number of ether oxygens (including phenoxy) is 1. The molecule has 15 heavy (non-hydrogen) atoms. The van der Waals surface area contributed by atoms with Crippen molar-refractivity contribution < 1.29 is 4.74 Å². The first-order valence-corrected chi connectivity index (χ1v) is 6.45. The van der Waals surface area contributed by atoms with Crippen molar-refractivity contribution in [1.29, 1.82) is 0 Å². The number of nitrogens with two attached hydrogens (primary N) is 1. The van der Waals surface area contributed by atoms with E-state index in [1.807, 2.05) is 0 Å². The Hall–Kier alpha value is -0.120. The molecule has 2 N–H and O–H groups in total. The quantitative estimate of drug-likeness (QED) is 0.700. The van der Waals surface area contributed by atoms with Gasteiger partial charge in [0.2, 0.25) is 0 Å². The molecule has 1 aliphatic heterocycles. The van der Waals surface area contributed by atoms with Gasteiger partial charge in [0.25, 0.3) is 0 Å². The van der Waals surface area contributed by atoms with E-state index in [2.05, 4.69) is 4.90 Å². The van der Waals surface area contributed by atoms with Crippen LogP contribution in [0.5, 0.6) is 0 Å². The Bertz CT molecular complexity index is 182. The third-order valence-electron chi connectivity index (χ3n) is 3.51. The third kappa shape index (κ3) is 3.44. The molecule has 3 heteroatoms. The molecular weight excluding hydrogens is 188 g/mol. The van der Waals surface area contributed by atoms with Gasteiger partial charge < -0.3 is 10.5 Å². The van der Waals surface area contributed by atoms with E-state index in [1.54, 1.807) is 0 Å². The Kier molecular flexibility index (Phi) is 4.42. The summed E-state index contributed by atoms with van der Waals surface area (Å²) in [5, 5.41) is 0. The van der Waals surface area contributed by atoms with Gasteiger partial charge in [-0.15, -0.1) is 0 Å². The molecule has 2 aliphatic rings. The average molecular weight is 212 g/mol. The van der Waals surface area contributed by atoms with E-state index in [0.29, 0.717) is 12.6 Å². The van der Waals surface area contributed by atoms with Gasteiger partial charge >= 0.3 is 0 Å².